The molecular weight excluding hydrogens is 444 g/mol. The predicted molar refractivity (Wildman–Crippen MR) is 109 cm³/mol. The topological polar surface area (TPSA) is 211 Å². The van der Waals surface area contributed by atoms with E-state index in [-0.39, 0.29) is 22.3 Å². The average molecular weight is 464 g/mol. The Morgan fingerprint density at radius 2 is 1.61 bits per heavy atom. The first kappa shape index (κ1) is 22.6. The molecule has 0 amide bonds. The van der Waals surface area contributed by atoms with E-state index in [1.807, 2.05) is 0 Å². The van der Waals surface area contributed by atoms with E-state index in [0.29, 0.717) is 0 Å². The molecule has 1 saturated heterocycles. The molecule has 33 heavy (non-hydrogen) atoms. The Kier molecular flexibility index (Phi) is 5.78. The first-order chi connectivity index (χ1) is 15.6. The summed E-state index contributed by atoms with van der Waals surface area (Å²) in [5.74, 6) is -3.05. The third kappa shape index (κ3) is 3.90. The predicted octanol–water partition coefficient (Wildman–Crippen LogP) is -0.539. The number of hydrogen-bond donors (Lipinski definition) is 8. The molecule has 12 heteroatoms. The zero-order valence-electron chi connectivity index (χ0n) is 16.7. The van der Waals surface area contributed by atoms with Crippen LogP contribution in [0, 0.1) is 0 Å². The lowest BCUT2D eigenvalue weighted by Crippen LogP contribution is -2.60. The lowest BCUT2D eigenvalue weighted by molar-refractivity contribution is -0.277. The summed E-state index contributed by atoms with van der Waals surface area (Å²) in [5.41, 5.74) is -1.19. The highest BCUT2D eigenvalue weighted by Crippen LogP contribution is 2.39. The van der Waals surface area contributed by atoms with Crippen LogP contribution in [0.3, 0.4) is 0 Å². The lowest BCUT2D eigenvalue weighted by Gasteiger charge is -2.39. The fourth-order valence-corrected chi connectivity index (χ4v) is 3.51. The maximum Gasteiger partial charge on any atom is 0.239 e. The summed E-state index contributed by atoms with van der Waals surface area (Å²) < 4.78 is 16.5. The second kappa shape index (κ2) is 8.42. The van der Waals surface area contributed by atoms with Gasteiger partial charge in [-0.2, -0.15) is 0 Å². The molecule has 0 bridgehead atoms. The Balaban J connectivity index is 1.91. The van der Waals surface area contributed by atoms with Gasteiger partial charge in [-0.15, -0.1) is 0 Å². The van der Waals surface area contributed by atoms with E-state index in [4.69, 9.17) is 13.9 Å². The fourth-order valence-electron chi connectivity index (χ4n) is 3.51. The average Bonchev–Trinajstić information content (AvgIpc) is 2.76. The van der Waals surface area contributed by atoms with Crippen molar-refractivity contribution in [3.8, 4) is 40.1 Å². The number of benzene rings is 2. The molecule has 2 aromatic carbocycles. The zero-order chi connectivity index (χ0) is 24.0. The third-order valence-corrected chi connectivity index (χ3v) is 5.24. The van der Waals surface area contributed by atoms with Crippen LogP contribution in [0.2, 0.25) is 0 Å². The highest BCUT2D eigenvalue weighted by atomic mass is 16.7. The standard InChI is InChI=1S/C21H20O12/c22-6-13-15(27)17(29)18(30)21(32-13)33-20-16(28)14-11(26)4-8(23)5-12(14)31-19(20)7-1-2-9(24)10(25)3-7/h1-5,13,15,17-18,21-27,29-30H,6H2/t13-,15-,17+,18-,21-/m0/s1. The van der Waals surface area contributed by atoms with Crippen molar-refractivity contribution in [2.24, 2.45) is 0 Å². The molecular formula is C21H20O12. The van der Waals surface area contributed by atoms with Crippen LogP contribution >= 0.6 is 0 Å². The summed E-state index contributed by atoms with van der Waals surface area (Å²) in [7, 11) is 0. The molecule has 5 atom stereocenters. The second-order valence-electron chi connectivity index (χ2n) is 7.45. The van der Waals surface area contributed by atoms with Gasteiger partial charge in [-0.1, -0.05) is 0 Å². The van der Waals surface area contributed by atoms with Gasteiger partial charge in [0.05, 0.1) is 6.61 Å². The van der Waals surface area contributed by atoms with Crippen molar-refractivity contribution in [3.63, 3.8) is 0 Å². The van der Waals surface area contributed by atoms with Crippen molar-refractivity contribution < 1.29 is 54.7 Å². The number of ether oxygens (including phenoxy) is 2. The Morgan fingerprint density at radius 1 is 0.879 bits per heavy atom. The molecule has 0 radical (unpaired) electrons. The number of aliphatic hydroxyl groups excluding tert-OH is 4. The van der Waals surface area contributed by atoms with E-state index in [9.17, 15) is 45.6 Å². The quantitative estimate of drug-likeness (QED) is 0.229. The van der Waals surface area contributed by atoms with Crippen molar-refractivity contribution >= 4 is 11.0 Å². The molecule has 0 saturated carbocycles. The van der Waals surface area contributed by atoms with Crippen LogP contribution in [0.15, 0.2) is 39.5 Å². The summed E-state index contributed by atoms with van der Waals surface area (Å²) >= 11 is 0. The van der Waals surface area contributed by atoms with Crippen molar-refractivity contribution in [1.29, 1.82) is 0 Å². The number of rotatable bonds is 4. The molecule has 4 rings (SSSR count). The molecule has 12 nitrogen and oxygen atoms in total. The summed E-state index contributed by atoms with van der Waals surface area (Å²) in [5, 5.41) is 78.7. The van der Waals surface area contributed by atoms with E-state index in [0.717, 1.165) is 24.3 Å². The van der Waals surface area contributed by atoms with Crippen molar-refractivity contribution in [3.05, 3.63) is 40.6 Å². The summed E-state index contributed by atoms with van der Waals surface area (Å²) in [6.45, 7) is -0.740. The van der Waals surface area contributed by atoms with Crippen LogP contribution < -0.4 is 10.2 Å². The van der Waals surface area contributed by atoms with Gasteiger partial charge in [0.1, 0.15) is 46.9 Å². The van der Waals surface area contributed by atoms with Crippen molar-refractivity contribution in [1.82, 2.24) is 0 Å². The van der Waals surface area contributed by atoms with E-state index in [1.165, 1.54) is 6.07 Å². The molecule has 0 unspecified atom stereocenters. The summed E-state index contributed by atoms with van der Waals surface area (Å²) in [6, 6.07) is 5.36. The normalized spacial score (nSPS) is 25.3. The number of phenols is 4. The van der Waals surface area contributed by atoms with E-state index < -0.39 is 71.5 Å². The lowest BCUT2D eigenvalue weighted by atomic mass is 9.99. The summed E-state index contributed by atoms with van der Waals surface area (Å²) in [6.07, 6.45) is -8.40. The molecule has 3 aromatic rings. The van der Waals surface area contributed by atoms with Gasteiger partial charge >= 0.3 is 0 Å². The monoisotopic (exact) mass is 464 g/mol. The largest absolute Gasteiger partial charge is 0.508 e. The Morgan fingerprint density at radius 3 is 2.27 bits per heavy atom. The van der Waals surface area contributed by atoms with Crippen LogP contribution in [0.1, 0.15) is 0 Å². The fraction of sp³-hybridized carbons (Fsp3) is 0.286. The molecule has 0 spiro atoms. The number of hydrogen-bond acceptors (Lipinski definition) is 12. The minimum absolute atomic E-state index is 0.0201. The third-order valence-electron chi connectivity index (χ3n) is 5.24. The van der Waals surface area contributed by atoms with Crippen LogP contribution in [-0.2, 0) is 4.74 Å². The Labute approximate surface area is 184 Å². The smallest absolute Gasteiger partial charge is 0.239 e. The van der Waals surface area contributed by atoms with Crippen LogP contribution in [0.5, 0.6) is 28.7 Å². The highest BCUT2D eigenvalue weighted by molar-refractivity contribution is 5.88. The number of aromatic hydroxyl groups is 4. The maximum absolute atomic E-state index is 13.2. The van der Waals surface area contributed by atoms with Crippen molar-refractivity contribution in [2.45, 2.75) is 30.7 Å². The van der Waals surface area contributed by atoms with Gasteiger partial charge in [-0.05, 0) is 18.2 Å². The van der Waals surface area contributed by atoms with Gasteiger partial charge in [-0.25, -0.2) is 0 Å². The summed E-state index contributed by atoms with van der Waals surface area (Å²) in [4.78, 5) is 13.2. The van der Waals surface area contributed by atoms with Gasteiger partial charge in [0.2, 0.25) is 17.5 Å². The van der Waals surface area contributed by atoms with Gasteiger partial charge < -0.3 is 54.7 Å². The van der Waals surface area contributed by atoms with E-state index in [2.05, 4.69) is 0 Å². The van der Waals surface area contributed by atoms with Gasteiger partial charge in [0, 0.05) is 17.7 Å². The molecule has 1 fully saturated rings. The first-order valence-electron chi connectivity index (χ1n) is 9.64. The van der Waals surface area contributed by atoms with Crippen molar-refractivity contribution in [2.75, 3.05) is 6.61 Å². The molecule has 176 valence electrons. The van der Waals surface area contributed by atoms with Crippen LogP contribution in [0.25, 0.3) is 22.3 Å². The highest BCUT2D eigenvalue weighted by Gasteiger charge is 2.45. The minimum atomic E-state index is -1.85. The SMILES string of the molecule is O=c1c(O[C@@H]2O[C@@H](CO)[C@H](O)[C@@H](O)[C@@H]2O)c(-c2ccc(O)c(O)c2)oc2cc(O)cc(O)c12. The Hall–Kier alpha value is -3.55. The van der Waals surface area contributed by atoms with Gasteiger partial charge in [-0.3, -0.25) is 4.79 Å². The minimum Gasteiger partial charge on any atom is -0.508 e. The number of aliphatic hydroxyl groups is 4. The molecule has 2 heterocycles. The molecule has 1 aliphatic rings. The molecule has 1 aromatic heterocycles. The number of fused-ring (bicyclic) bond motifs is 1. The van der Waals surface area contributed by atoms with E-state index in [1.54, 1.807) is 0 Å². The first-order valence-corrected chi connectivity index (χ1v) is 9.64. The maximum atomic E-state index is 13.2. The molecule has 0 aliphatic carbocycles. The zero-order valence-corrected chi connectivity index (χ0v) is 16.7. The van der Waals surface area contributed by atoms with Crippen LogP contribution in [-0.4, -0.2) is 78.2 Å². The van der Waals surface area contributed by atoms with Crippen LogP contribution in [0.4, 0.5) is 0 Å². The number of phenolic OH excluding ortho intramolecular Hbond substituents is 4. The van der Waals surface area contributed by atoms with E-state index >= 15 is 0 Å². The second-order valence-corrected chi connectivity index (χ2v) is 7.45. The molecule has 1 aliphatic heterocycles. The van der Waals surface area contributed by atoms with Gasteiger partial charge in [0.25, 0.3) is 0 Å². The molecule has 8 N–H and O–H groups in total. The van der Waals surface area contributed by atoms with Gasteiger partial charge in [0.15, 0.2) is 17.3 Å². The Bertz CT molecular complexity index is 1250.